The van der Waals surface area contributed by atoms with Gasteiger partial charge in [-0.05, 0) is 49.6 Å². The highest BCUT2D eigenvalue weighted by atomic mass is 19.4. The van der Waals surface area contributed by atoms with Gasteiger partial charge >= 0.3 is 6.18 Å². The standard InChI is InChI=1S/C19H14F4N2O3/c20-16-12(7-11(26)8-13(16)19(21,22)23)18-25-14-6-9(4-5-15(14)28-18)17(27)24-10-2-1-3-10/h4-8,10,26H,1-3H2,(H,24,27). The number of carbonyl (C=O) groups excluding carboxylic acids is 1. The molecule has 1 amide bonds. The summed E-state index contributed by atoms with van der Waals surface area (Å²) in [5, 5.41) is 12.4. The Morgan fingerprint density at radius 3 is 2.61 bits per heavy atom. The van der Waals surface area contributed by atoms with Gasteiger partial charge in [0, 0.05) is 11.6 Å². The zero-order chi connectivity index (χ0) is 20.1. The summed E-state index contributed by atoms with van der Waals surface area (Å²) in [6.45, 7) is 0. The molecule has 1 aliphatic carbocycles. The highest BCUT2D eigenvalue weighted by molar-refractivity contribution is 5.97. The first-order chi connectivity index (χ1) is 13.2. The number of aromatic nitrogens is 1. The van der Waals surface area contributed by atoms with Crippen LogP contribution in [0.2, 0.25) is 0 Å². The average molecular weight is 394 g/mol. The van der Waals surface area contributed by atoms with Crippen molar-refractivity contribution in [2.24, 2.45) is 0 Å². The monoisotopic (exact) mass is 394 g/mol. The minimum absolute atomic E-state index is 0.137. The van der Waals surface area contributed by atoms with E-state index in [-0.39, 0.29) is 23.0 Å². The number of hydrogen-bond acceptors (Lipinski definition) is 4. The normalized spacial score (nSPS) is 14.9. The Balaban J connectivity index is 1.72. The SMILES string of the molecule is O=C(NC1CCC1)c1ccc2oc(-c3cc(O)cc(C(F)(F)F)c3F)nc2c1. The molecule has 28 heavy (non-hydrogen) atoms. The molecule has 0 aliphatic heterocycles. The molecule has 0 atom stereocenters. The minimum atomic E-state index is -4.99. The molecule has 1 saturated carbocycles. The number of phenolic OH excluding ortho intramolecular Hbond substituents is 1. The van der Waals surface area contributed by atoms with Gasteiger partial charge in [0.1, 0.15) is 17.1 Å². The summed E-state index contributed by atoms with van der Waals surface area (Å²) in [4.78, 5) is 16.2. The van der Waals surface area contributed by atoms with Crippen LogP contribution in [0.1, 0.15) is 35.2 Å². The molecule has 2 aromatic carbocycles. The van der Waals surface area contributed by atoms with Gasteiger partial charge in [-0.3, -0.25) is 4.79 Å². The molecule has 3 aromatic rings. The zero-order valence-electron chi connectivity index (χ0n) is 14.3. The number of oxazole rings is 1. The fourth-order valence-electron chi connectivity index (χ4n) is 2.98. The molecule has 9 heteroatoms. The first kappa shape index (κ1) is 18.3. The van der Waals surface area contributed by atoms with Crippen molar-refractivity contribution < 1.29 is 31.9 Å². The number of phenols is 1. The Morgan fingerprint density at radius 1 is 1.21 bits per heavy atom. The van der Waals surface area contributed by atoms with Gasteiger partial charge in [-0.1, -0.05) is 0 Å². The van der Waals surface area contributed by atoms with Crippen LogP contribution in [0.25, 0.3) is 22.6 Å². The number of benzene rings is 2. The third kappa shape index (κ3) is 3.28. The van der Waals surface area contributed by atoms with Crippen LogP contribution < -0.4 is 5.32 Å². The van der Waals surface area contributed by atoms with Gasteiger partial charge in [0.25, 0.3) is 5.91 Å². The number of nitrogens with one attached hydrogen (secondary N) is 1. The van der Waals surface area contributed by atoms with Crippen molar-refractivity contribution in [3.8, 4) is 17.2 Å². The maximum atomic E-state index is 14.4. The third-order valence-corrected chi connectivity index (χ3v) is 4.68. The third-order valence-electron chi connectivity index (χ3n) is 4.68. The predicted molar refractivity (Wildman–Crippen MR) is 91.2 cm³/mol. The molecule has 1 aliphatic rings. The van der Waals surface area contributed by atoms with Crippen LogP contribution in [-0.2, 0) is 6.18 Å². The quantitative estimate of drug-likeness (QED) is 0.635. The maximum Gasteiger partial charge on any atom is 0.419 e. The van der Waals surface area contributed by atoms with Crippen molar-refractivity contribution in [1.29, 1.82) is 0 Å². The smallest absolute Gasteiger partial charge is 0.419 e. The van der Waals surface area contributed by atoms with Gasteiger partial charge in [-0.15, -0.1) is 0 Å². The molecule has 0 spiro atoms. The van der Waals surface area contributed by atoms with Crippen LogP contribution in [0.3, 0.4) is 0 Å². The largest absolute Gasteiger partial charge is 0.508 e. The van der Waals surface area contributed by atoms with Crippen molar-refractivity contribution >= 4 is 17.0 Å². The number of rotatable bonds is 3. The first-order valence-corrected chi connectivity index (χ1v) is 8.54. The molecule has 4 rings (SSSR count). The van der Waals surface area contributed by atoms with Crippen LogP contribution in [-0.4, -0.2) is 22.0 Å². The molecule has 0 unspecified atom stereocenters. The van der Waals surface area contributed by atoms with E-state index in [0.29, 0.717) is 11.6 Å². The predicted octanol–water partition coefficient (Wildman–Crippen LogP) is 4.64. The van der Waals surface area contributed by atoms with Crippen LogP contribution >= 0.6 is 0 Å². The number of halogens is 4. The molecule has 0 radical (unpaired) electrons. The average Bonchev–Trinajstić information content (AvgIpc) is 3.01. The summed E-state index contributed by atoms with van der Waals surface area (Å²) in [5.41, 5.74) is -1.57. The minimum Gasteiger partial charge on any atom is -0.508 e. The number of fused-ring (bicyclic) bond motifs is 1. The molecular formula is C19H14F4N2O3. The van der Waals surface area contributed by atoms with Gasteiger partial charge in [0.2, 0.25) is 5.89 Å². The zero-order valence-corrected chi connectivity index (χ0v) is 14.3. The summed E-state index contributed by atoms with van der Waals surface area (Å²) in [6.07, 6.45) is -2.09. The van der Waals surface area contributed by atoms with E-state index < -0.39 is 34.8 Å². The van der Waals surface area contributed by atoms with E-state index in [2.05, 4.69) is 10.3 Å². The van der Waals surface area contributed by atoms with E-state index in [1.807, 2.05) is 0 Å². The number of amides is 1. The number of aromatic hydroxyl groups is 1. The van der Waals surface area contributed by atoms with E-state index >= 15 is 0 Å². The van der Waals surface area contributed by atoms with E-state index in [1.165, 1.54) is 18.2 Å². The topological polar surface area (TPSA) is 75.4 Å². The van der Waals surface area contributed by atoms with Gasteiger partial charge in [0.05, 0.1) is 11.1 Å². The number of hydrogen-bond donors (Lipinski definition) is 2. The van der Waals surface area contributed by atoms with Gasteiger partial charge in [-0.2, -0.15) is 13.2 Å². The van der Waals surface area contributed by atoms with Gasteiger partial charge < -0.3 is 14.8 Å². The summed E-state index contributed by atoms with van der Waals surface area (Å²) in [6, 6.07) is 5.59. The molecule has 1 heterocycles. The molecule has 146 valence electrons. The Morgan fingerprint density at radius 2 is 1.96 bits per heavy atom. The molecule has 0 saturated heterocycles. The first-order valence-electron chi connectivity index (χ1n) is 8.54. The molecule has 2 N–H and O–H groups in total. The van der Waals surface area contributed by atoms with Crippen LogP contribution in [0, 0.1) is 5.82 Å². The summed E-state index contributed by atoms with van der Waals surface area (Å²) in [7, 11) is 0. The lowest BCUT2D eigenvalue weighted by Gasteiger charge is -2.26. The molecule has 0 bridgehead atoms. The van der Waals surface area contributed by atoms with Crippen molar-refractivity contribution in [2.45, 2.75) is 31.5 Å². The molecular weight excluding hydrogens is 380 g/mol. The van der Waals surface area contributed by atoms with Gasteiger partial charge in [-0.25, -0.2) is 9.37 Å². The Labute approximate surface area is 156 Å². The van der Waals surface area contributed by atoms with E-state index in [9.17, 15) is 27.5 Å². The Hall–Kier alpha value is -3.10. The number of nitrogens with zero attached hydrogens (tertiary/aromatic N) is 1. The Kier molecular flexibility index (Phi) is 4.24. The Bertz CT molecular complexity index is 1070. The number of carbonyl (C=O) groups is 1. The van der Waals surface area contributed by atoms with Crippen molar-refractivity contribution in [1.82, 2.24) is 10.3 Å². The van der Waals surface area contributed by atoms with Crippen molar-refractivity contribution in [2.75, 3.05) is 0 Å². The molecule has 1 fully saturated rings. The summed E-state index contributed by atoms with van der Waals surface area (Å²) >= 11 is 0. The van der Waals surface area contributed by atoms with E-state index in [0.717, 1.165) is 25.3 Å². The number of alkyl halides is 3. The second-order valence-electron chi connectivity index (χ2n) is 6.66. The van der Waals surface area contributed by atoms with E-state index in [1.54, 1.807) is 0 Å². The van der Waals surface area contributed by atoms with Crippen molar-refractivity contribution in [3.05, 3.63) is 47.3 Å². The lowest BCUT2D eigenvalue weighted by atomic mass is 9.93. The summed E-state index contributed by atoms with van der Waals surface area (Å²) in [5.74, 6) is -3.09. The fourth-order valence-corrected chi connectivity index (χ4v) is 2.98. The highest BCUT2D eigenvalue weighted by Gasteiger charge is 2.36. The van der Waals surface area contributed by atoms with Gasteiger partial charge in [0.15, 0.2) is 5.58 Å². The second kappa shape index (κ2) is 6.50. The van der Waals surface area contributed by atoms with E-state index in [4.69, 9.17) is 4.42 Å². The van der Waals surface area contributed by atoms with Crippen LogP contribution in [0.15, 0.2) is 34.7 Å². The maximum absolute atomic E-state index is 14.4. The molecule has 1 aromatic heterocycles. The lowest BCUT2D eigenvalue weighted by Crippen LogP contribution is -2.39. The van der Waals surface area contributed by atoms with Crippen LogP contribution in [0.5, 0.6) is 5.75 Å². The van der Waals surface area contributed by atoms with Crippen molar-refractivity contribution in [3.63, 3.8) is 0 Å². The second-order valence-corrected chi connectivity index (χ2v) is 6.66. The lowest BCUT2D eigenvalue weighted by molar-refractivity contribution is -0.140. The van der Waals surface area contributed by atoms with Crippen LogP contribution in [0.4, 0.5) is 17.6 Å². The highest BCUT2D eigenvalue weighted by Crippen LogP contribution is 2.38. The summed E-state index contributed by atoms with van der Waals surface area (Å²) < 4.78 is 58.6. The fraction of sp³-hybridized carbons (Fsp3) is 0.263. The molecule has 5 nitrogen and oxygen atoms in total.